The summed E-state index contributed by atoms with van der Waals surface area (Å²) in [6.07, 6.45) is 4.23. The molecule has 4 heteroatoms. The van der Waals surface area contributed by atoms with Crippen molar-refractivity contribution in [3.63, 3.8) is 0 Å². The summed E-state index contributed by atoms with van der Waals surface area (Å²) in [6.45, 7) is 8.72. The number of hydrogen-bond donors (Lipinski definition) is 2. The highest BCUT2D eigenvalue weighted by atomic mass is 16.5. The molecule has 0 atom stereocenters. The second-order valence-corrected chi connectivity index (χ2v) is 6.62. The van der Waals surface area contributed by atoms with Gasteiger partial charge >= 0.3 is 0 Å². The van der Waals surface area contributed by atoms with Crippen molar-refractivity contribution >= 4 is 5.91 Å². The molecule has 4 nitrogen and oxygen atoms in total. The maximum atomic E-state index is 11.9. The highest BCUT2D eigenvalue weighted by Gasteiger charge is 2.34. The number of nitrogens with one attached hydrogen (secondary N) is 1. The lowest BCUT2D eigenvalue weighted by atomic mass is 9.77. The van der Waals surface area contributed by atoms with Gasteiger partial charge in [-0.15, -0.1) is 0 Å². The summed E-state index contributed by atoms with van der Waals surface area (Å²) in [7, 11) is 0. The van der Waals surface area contributed by atoms with Gasteiger partial charge in [-0.2, -0.15) is 0 Å². The van der Waals surface area contributed by atoms with Crippen molar-refractivity contribution in [3.05, 3.63) is 0 Å². The van der Waals surface area contributed by atoms with Crippen LogP contribution in [0.1, 0.15) is 53.4 Å². The van der Waals surface area contributed by atoms with Crippen molar-refractivity contribution in [2.75, 3.05) is 13.2 Å². The first-order valence-electron chi connectivity index (χ1n) is 6.91. The van der Waals surface area contributed by atoms with Gasteiger partial charge in [-0.25, -0.2) is 0 Å². The summed E-state index contributed by atoms with van der Waals surface area (Å²) < 4.78 is 5.49. The van der Waals surface area contributed by atoms with Crippen molar-refractivity contribution in [2.24, 2.45) is 11.7 Å². The number of nitrogens with two attached hydrogens (primary N) is 1. The molecule has 0 aromatic heterocycles. The van der Waals surface area contributed by atoms with E-state index in [0.717, 1.165) is 31.6 Å². The molecule has 1 fully saturated rings. The lowest BCUT2D eigenvalue weighted by molar-refractivity contribution is -0.133. The maximum absolute atomic E-state index is 11.9. The highest BCUT2D eigenvalue weighted by Crippen LogP contribution is 2.31. The van der Waals surface area contributed by atoms with Crippen LogP contribution in [-0.4, -0.2) is 30.2 Å². The van der Waals surface area contributed by atoms with Crippen LogP contribution in [0.15, 0.2) is 0 Å². The number of carbonyl (C=O) groups is 1. The van der Waals surface area contributed by atoms with E-state index in [4.69, 9.17) is 10.5 Å². The van der Waals surface area contributed by atoms with Crippen LogP contribution in [0.25, 0.3) is 0 Å². The number of rotatable bonds is 4. The summed E-state index contributed by atoms with van der Waals surface area (Å²) in [5.74, 6) is 0.692. The average Bonchev–Trinajstić information content (AvgIpc) is 2.29. The Morgan fingerprint density at radius 2 is 1.94 bits per heavy atom. The molecule has 1 rings (SSSR count). The monoisotopic (exact) mass is 256 g/mol. The van der Waals surface area contributed by atoms with Crippen LogP contribution in [0.3, 0.4) is 0 Å². The Bertz CT molecular complexity index is 276. The first-order chi connectivity index (χ1) is 8.26. The Morgan fingerprint density at radius 1 is 1.39 bits per heavy atom. The van der Waals surface area contributed by atoms with Crippen LogP contribution in [-0.2, 0) is 9.53 Å². The zero-order valence-electron chi connectivity index (χ0n) is 12.2. The second kappa shape index (κ2) is 6.02. The van der Waals surface area contributed by atoms with Gasteiger partial charge in [0.25, 0.3) is 0 Å². The molecule has 0 aromatic carbocycles. The van der Waals surface area contributed by atoms with E-state index in [1.165, 1.54) is 0 Å². The SMILES string of the molecule is CC1CCC(CN)(NC(=O)COC(C)(C)C)CC1. The van der Waals surface area contributed by atoms with E-state index in [2.05, 4.69) is 12.2 Å². The summed E-state index contributed by atoms with van der Waals surface area (Å²) >= 11 is 0. The number of ether oxygens (including phenoxy) is 1. The van der Waals surface area contributed by atoms with Crippen LogP contribution in [0.2, 0.25) is 0 Å². The molecule has 0 aliphatic heterocycles. The topological polar surface area (TPSA) is 64.3 Å². The van der Waals surface area contributed by atoms with Crippen molar-refractivity contribution in [1.82, 2.24) is 5.32 Å². The number of hydrogen-bond acceptors (Lipinski definition) is 3. The van der Waals surface area contributed by atoms with Crippen LogP contribution < -0.4 is 11.1 Å². The largest absolute Gasteiger partial charge is 0.366 e. The predicted molar refractivity (Wildman–Crippen MR) is 73.3 cm³/mol. The Hall–Kier alpha value is -0.610. The molecule has 18 heavy (non-hydrogen) atoms. The molecule has 0 heterocycles. The molecule has 0 radical (unpaired) electrons. The minimum absolute atomic E-state index is 0.0510. The third-order valence-corrected chi connectivity index (χ3v) is 3.66. The van der Waals surface area contributed by atoms with E-state index in [9.17, 15) is 4.79 Å². The molecule has 0 aromatic rings. The molecule has 1 aliphatic carbocycles. The van der Waals surface area contributed by atoms with Crippen molar-refractivity contribution in [2.45, 2.75) is 64.5 Å². The first kappa shape index (κ1) is 15.4. The van der Waals surface area contributed by atoms with Gasteiger partial charge in [0, 0.05) is 6.54 Å². The third kappa shape index (κ3) is 4.94. The lowest BCUT2D eigenvalue weighted by Crippen LogP contribution is -2.56. The van der Waals surface area contributed by atoms with Gasteiger partial charge < -0.3 is 15.8 Å². The number of amides is 1. The molecular weight excluding hydrogens is 228 g/mol. The van der Waals surface area contributed by atoms with Crippen molar-refractivity contribution in [1.29, 1.82) is 0 Å². The summed E-state index contributed by atoms with van der Waals surface area (Å²) in [6, 6.07) is 0. The molecule has 1 saturated carbocycles. The van der Waals surface area contributed by atoms with Crippen LogP contribution in [0.5, 0.6) is 0 Å². The minimum Gasteiger partial charge on any atom is -0.366 e. The predicted octanol–water partition coefficient (Wildman–Crippen LogP) is 1.83. The molecule has 3 N–H and O–H groups in total. The molecule has 0 unspecified atom stereocenters. The fraction of sp³-hybridized carbons (Fsp3) is 0.929. The molecule has 1 aliphatic rings. The first-order valence-corrected chi connectivity index (χ1v) is 6.91. The van der Waals surface area contributed by atoms with Crippen molar-refractivity contribution in [3.8, 4) is 0 Å². The van der Waals surface area contributed by atoms with Gasteiger partial charge in [0.2, 0.25) is 5.91 Å². The minimum atomic E-state index is -0.283. The molecule has 1 amide bonds. The van der Waals surface area contributed by atoms with Gasteiger partial charge in [-0.3, -0.25) is 4.79 Å². The van der Waals surface area contributed by atoms with E-state index in [1.807, 2.05) is 20.8 Å². The van der Waals surface area contributed by atoms with Gasteiger partial charge in [-0.1, -0.05) is 6.92 Å². The van der Waals surface area contributed by atoms with E-state index in [0.29, 0.717) is 6.54 Å². The molecule has 0 spiro atoms. The Morgan fingerprint density at radius 3 is 2.39 bits per heavy atom. The summed E-state index contributed by atoms with van der Waals surface area (Å²) in [5.41, 5.74) is 5.37. The summed E-state index contributed by atoms with van der Waals surface area (Å²) in [4.78, 5) is 11.9. The molecule has 0 bridgehead atoms. The quantitative estimate of drug-likeness (QED) is 0.806. The third-order valence-electron chi connectivity index (χ3n) is 3.66. The van der Waals surface area contributed by atoms with Crippen LogP contribution >= 0.6 is 0 Å². The van der Waals surface area contributed by atoms with Gasteiger partial charge in [0.1, 0.15) is 6.61 Å². The smallest absolute Gasteiger partial charge is 0.246 e. The fourth-order valence-electron chi connectivity index (χ4n) is 2.31. The Kier molecular flexibility index (Phi) is 5.17. The zero-order chi connectivity index (χ0) is 13.8. The maximum Gasteiger partial charge on any atom is 0.246 e. The number of carbonyl (C=O) groups excluding carboxylic acids is 1. The van der Waals surface area contributed by atoms with Crippen LogP contribution in [0.4, 0.5) is 0 Å². The van der Waals surface area contributed by atoms with Crippen LogP contribution in [0, 0.1) is 5.92 Å². The van der Waals surface area contributed by atoms with E-state index in [-0.39, 0.29) is 23.7 Å². The average molecular weight is 256 g/mol. The van der Waals surface area contributed by atoms with Crippen molar-refractivity contribution < 1.29 is 9.53 Å². The molecule has 106 valence electrons. The Labute approximate surface area is 111 Å². The van der Waals surface area contributed by atoms with E-state index >= 15 is 0 Å². The van der Waals surface area contributed by atoms with Gasteiger partial charge in [0.15, 0.2) is 0 Å². The normalized spacial score (nSPS) is 29.1. The zero-order valence-corrected chi connectivity index (χ0v) is 12.2. The van der Waals surface area contributed by atoms with Gasteiger partial charge in [-0.05, 0) is 52.4 Å². The Balaban J connectivity index is 2.45. The highest BCUT2D eigenvalue weighted by molar-refractivity contribution is 5.78. The van der Waals surface area contributed by atoms with Gasteiger partial charge in [0.05, 0.1) is 11.1 Å². The van der Waals surface area contributed by atoms with E-state index in [1.54, 1.807) is 0 Å². The fourth-order valence-corrected chi connectivity index (χ4v) is 2.31. The molecule has 0 saturated heterocycles. The summed E-state index contributed by atoms with van der Waals surface area (Å²) in [5, 5.41) is 3.09. The lowest BCUT2D eigenvalue weighted by Gasteiger charge is -2.39. The second-order valence-electron chi connectivity index (χ2n) is 6.62. The standard InChI is InChI=1S/C14H28N2O2/c1-11-5-7-14(10-15,8-6-11)16-12(17)9-18-13(2,3)4/h11H,5-10,15H2,1-4H3,(H,16,17). The van der Waals surface area contributed by atoms with E-state index < -0.39 is 0 Å². The molecular formula is C14H28N2O2.